The summed E-state index contributed by atoms with van der Waals surface area (Å²) in [5, 5.41) is 9.07. The number of aryl methyl sites for hydroxylation is 1. The minimum absolute atomic E-state index is 0.183. The van der Waals surface area contributed by atoms with E-state index in [0.717, 1.165) is 5.56 Å². The van der Waals surface area contributed by atoms with Crippen LogP contribution in [0.15, 0.2) is 47.5 Å². The monoisotopic (exact) mass is 291 g/mol. The average molecular weight is 291 g/mol. The fourth-order valence-corrected chi connectivity index (χ4v) is 3.44. The van der Waals surface area contributed by atoms with Gasteiger partial charge in [0.05, 0.1) is 21.9 Å². The van der Waals surface area contributed by atoms with Crippen LogP contribution in [0.25, 0.3) is 0 Å². The van der Waals surface area contributed by atoms with Gasteiger partial charge in [-0.25, -0.2) is 13.2 Å². The van der Waals surface area contributed by atoms with Crippen LogP contribution in [0, 0.1) is 6.92 Å². The summed E-state index contributed by atoms with van der Waals surface area (Å²) in [6.07, 6.45) is 1.51. The van der Waals surface area contributed by atoms with Crippen molar-refractivity contribution >= 4 is 15.8 Å². The first-order chi connectivity index (χ1) is 9.42. The Bertz CT molecular complexity index is 753. The van der Waals surface area contributed by atoms with E-state index in [1.54, 1.807) is 19.1 Å². The van der Waals surface area contributed by atoms with Crippen molar-refractivity contribution < 1.29 is 18.3 Å². The normalized spacial score (nSPS) is 11.2. The Hall–Kier alpha value is -2.21. The number of nitrogens with zero attached hydrogens (tertiary/aromatic N) is 1. The van der Waals surface area contributed by atoms with Crippen molar-refractivity contribution in [3.8, 4) is 0 Å². The number of carboxylic acids is 1. The second kappa shape index (κ2) is 5.42. The van der Waals surface area contributed by atoms with Crippen LogP contribution in [0.3, 0.4) is 0 Å². The van der Waals surface area contributed by atoms with Crippen molar-refractivity contribution in [1.29, 1.82) is 0 Å². The maximum absolute atomic E-state index is 12.4. The highest BCUT2D eigenvalue weighted by Gasteiger charge is 2.23. The quantitative estimate of drug-likeness (QED) is 0.932. The van der Waals surface area contributed by atoms with Gasteiger partial charge in [0, 0.05) is 6.20 Å². The van der Waals surface area contributed by atoms with E-state index in [1.807, 2.05) is 0 Å². The molecule has 20 heavy (non-hydrogen) atoms. The summed E-state index contributed by atoms with van der Waals surface area (Å²) in [6.45, 7) is 1.76. The number of hydrogen-bond acceptors (Lipinski definition) is 4. The van der Waals surface area contributed by atoms with Crippen LogP contribution in [-0.2, 0) is 15.6 Å². The van der Waals surface area contributed by atoms with Gasteiger partial charge in [0.25, 0.3) is 0 Å². The standard InChI is InChI=1S/C14H13NO4S/c1-10-5-4-8-15-12(10)9-20(18,19)13-7-3-2-6-11(13)14(16)17/h2-8H,9H2,1H3,(H,16,17). The molecular formula is C14H13NO4S. The van der Waals surface area contributed by atoms with Crippen LogP contribution in [-0.4, -0.2) is 24.5 Å². The van der Waals surface area contributed by atoms with Crippen molar-refractivity contribution in [1.82, 2.24) is 4.98 Å². The lowest BCUT2D eigenvalue weighted by atomic mass is 10.2. The zero-order valence-corrected chi connectivity index (χ0v) is 11.6. The molecule has 2 rings (SSSR count). The molecule has 1 aromatic heterocycles. The third-order valence-electron chi connectivity index (χ3n) is 2.90. The number of carboxylic acid groups (broad SMARTS) is 1. The Morgan fingerprint density at radius 2 is 1.90 bits per heavy atom. The van der Waals surface area contributed by atoms with Crippen molar-refractivity contribution in [2.45, 2.75) is 17.6 Å². The molecule has 0 unspecified atom stereocenters. The fourth-order valence-electron chi connectivity index (χ4n) is 1.84. The number of benzene rings is 1. The van der Waals surface area contributed by atoms with Gasteiger partial charge < -0.3 is 5.11 Å². The van der Waals surface area contributed by atoms with Gasteiger partial charge in [0.1, 0.15) is 0 Å². The van der Waals surface area contributed by atoms with Crippen molar-refractivity contribution in [3.05, 3.63) is 59.4 Å². The second-order valence-electron chi connectivity index (χ2n) is 4.33. The minimum Gasteiger partial charge on any atom is -0.478 e. The summed E-state index contributed by atoms with van der Waals surface area (Å²) in [5.74, 6) is -1.58. The van der Waals surface area contributed by atoms with Crippen LogP contribution in [0.1, 0.15) is 21.6 Å². The number of sulfone groups is 1. The topological polar surface area (TPSA) is 84.3 Å². The highest BCUT2D eigenvalue weighted by atomic mass is 32.2. The summed E-state index contributed by atoms with van der Waals surface area (Å²) in [4.78, 5) is 15.0. The highest BCUT2D eigenvalue weighted by Crippen LogP contribution is 2.21. The van der Waals surface area contributed by atoms with Crippen LogP contribution in [0.5, 0.6) is 0 Å². The van der Waals surface area contributed by atoms with E-state index in [-0.39, 0.29) is 16.2 Å². The molecule has 0 bridgehead atoms. The SMILES string of the molecule is Cc1cccnc1CS(=O)(=O)c1ccccc1C(=O)O. The first-order valence-electron chi connectivity index (χ1n) is 5.87. The van der Waals surface area contributed by atoms with E-state index in [9.17, 15) is 13.2 Å². The molecule has 1 aromatic carbocycles. The van der Waals surface area contributed by atoms with Crippen LogP contribution < -0.4 is 0 Å². The molecule has 1 heterocycles. The maximum atomic E-state index is 12.4. The molecule has 0 saturated carbocycles. The summed E-state index contributed by atoms with van der Waals surface area (Å²) >= 11 is 0. The molecule has 0 fully saturated rings. The van der Waals surface area contributed by atoms with E-state index in [0.29, 0.717) is 5.69 Å². The molecule has 0 aliphatic carbocycles. The average Bonchev–Trinajstić information content (AvgIpc) is 2.41. The van der Waals surface area contributed by atoms with Gasteiger partial charge in [0.2, 0.25) is 0 Å². The molecule has 0 atom stereocenters. The van der Waals surface area contributed by atoms with Crippen LogP contribution >= 0.6 is 0 Å². The summed E-state index contributed by atoms with van der Waals surface area (Å²) in [6, 6.07) is 9.06. The Kier molecular flexibility index (Phi) is 3.85. The molecule has 0 spiro atoms. The van der Waals surface area contributed by atoms with Gasteiger partial charge >= 0.3 is 5.97 Å². The van der Waals surface area contributed by atoms with Gasteiger partial charge in [-0.3, -0.25) is 4.98 Å². The molecule has 0 aliphatic rings. The van der Waals surface area contributed by atoms with E-state index < -0.39 is 15.8 Å². The van der Waals surface area contributed by atoms with E-state index in [2.05, 4.69) is 4.98 Å². The number of hydrogen-bond donors (Lipinski definition) is 1. The third kappa shape index (κ3) is 2.85. The number of rotatable bonds is 4. The summed E-state index contributed by atoms with van der Waals surface area (Å²) in [7, 11) is -3.75. The van der Waals surface area contributed by atoms with Crippen molar-refractivity contribution in [2.75, 3.05) is 0 Å². The number of carbonyl (C=O) groups is 1. The number of aromatic nitrogens is 1. The van der Waals surface area contributed by atoms with E-state index >= 15 is 0 Å². The first kappa shape index (κ1) is 14.2. The second-order valence-corrected chi connectivity index (χ2v) is 6.29. The van der Waals surface area contributed by atoms with Gasteiger partial charge in [-0.2, -0.15) is 0 Å². The molecule has 5 nitrogen and oxygen atoms in total. The lowest BCUT2D eigenvalue weighted by Gasteiger charge is -2.08. The first-order valence-corrected chi connectivity index (χ1v) is 7.52. The Morgan fingerprint density at radius 1 is 1.20 bits per heavy atom. The summed E-state index contributed by atoms with van der Waals surface area (Å²) in [5.41, 5.74) is 0.956. The molecule has 6 heteroatoms. The van der Waals surface area contributed by atoms with Crippen LogP contribution in [0.4, 0.5) is 0 Å². The van der Waals surface area contributed by atoms with Gasteiger partial charge in [-0.1, -0.05) is 18.2 Å². The lowest BCUT2D eigenvalue weighted by Crippen LogP contribution is -2.12. The Balaban J connectivity index is 2.47. The zero-order chi connectivity index (χ0) is 14.8. The van der Waals surface area contributed by atoms with E-state index in [1.165, 1.54) is 30.5 Å². The van der Waals surface area contributed by atoms with Crippen LogP contribution in [0.2, 0.25) is 0 Å². The van der Waals surface area contributed by atoms with E-state index in [4.69, 9.17) is 5.11 Å². The largest absolute Gasteiger partial charge is 0.478 e. The number of pyridine rings is 1. The molecule has 2 aromatic rings. The zero-order valence-electron chi connectivity index (χ0n) is 10.8. The summed E-state index contributed by atoms with van der Waals surface area (Å²) < 4.78 is 24.8. The van der Waals surface area contributed by atoms with Crippen molar-refractivity contribution in [2.24, 2.45) is 0 Å². The third-order valence-corrected chi connectivity index (χ3v) is 4.58. The highest BCUT2D eigenvalue weighted by molar-refractivity contribution is 7.90. The van der Waals surface area contributed by atoms with Gasteiger partial charge in [0.15, 0.2) is 9.84 Å². The predicted octanol–water partition coefficient (Wildman–Crippen LogP) is 2.06. The fraction of sp³-hybridized carbons (Fsp3) is 0.143. The van der Waals surface area contributed by atoms with Crippen molar-refractivity contribution in [3.63, 3.8) is 0 Å². The Morgan fingerprint density at radius 3 is 2.55 bits per heavy atom. The molecular weight excluding hydrogens is 278 g/mol. The van der Waals surface area contributed by atoms with Gasteiger partial charge in [-0.15, -0.1) is 0 Å². The molecule has 1 N–H and O–H groups in total. The minimum atomic E-state index is -3.75. The maximum Gasteiger partial charge on any atom is 0.337 e. The predicted molar refractivity (Wildman–Crippen MR) is 73.3 cm³/mol. The lowest BCUT2D eigenvalue weighted by molar-refractivity contribution is 0.0692. The molecule has 0 radical (unpaired) electrons. The molecule has 0 saturated heterocycles. The van der Waals surface area contributed by atoms with Gasteiger partial charge in [-0.05, 0) is 30.7 Å². The Labute approximate surface area is 116 Å². The molecule has 104 valence electrons. The molecule has 0 aliphatic heterocycles. The smallest absolute Gasteiger partial charge is 0.337 e. The molecule has 0 amide bonds. The number of aromatic carboxylic acids is 1.